The molecule has 19 heavy (non-hydrogen) atoms. The number of hydrogen-bond donors (Lipinski definition) is 0. The normalized spacial score (nSPS) is 21.1. The van der Waals surface area contributed by atoms with Crippen LogP contribution in [0.3, 0.4) is 0 Å². The zero-order valence-corrected chi connectivity index (χ0v) is 12.1. The van der Waals surface area contributed by atoms with Crippen LogP contribution in [-0.2, 0) is 9.53 Å². The van der Waals surface area contributed by atoms with Crippen molar-refractivity contribution >= 4 is 12.1 Å². The molecule has 0 bridgehead atoms. The average Bonchev–Trinajstić information content (AvgIpc) is 2.02. The van der Waals surface area contributed by atoms with Crippen LogP contribution in [0.15, 0.2) is 0 Å². The molecule has 0 saturated carbocycles. The summed E-state index contributed by atoms with van der Waals surface area (Å²) < 4.78 is 5.26. The number of hydrogen-bond acceptors (Lipinski definition) is 5. The zero-order valence-electron chi connectivity index (χ0n) is 12.1. The van der Waals surface area contributed by atoms with E-state index in [1.54, 1.807) is 4.90 Å². The van der Waals surface area contributed by atoms with Gasteiger partial charge in [-0.15, -0.1) is 0 Å². The Hall–Kier alpha value is -0.703. The van der Waals surface area contributed by atoms with Crippen LogP contribution in [0, 0.1) is 5.41 Å². The van der Waals surface area contributed by atoms with Gasteiger partial charge in [0.15, 0.2) is 0 Å². The predicted octanol–water partition coefficient (Wildman–Crippen LogP) is -3.71. The molecular formula is C12H19LiN2O4. The minimum Gasteiger partial charge on any atom is -0.549 e. The number of amides is 1. The minimum absolute atomic E-state index is 0. The smallest absolute Gasteiger partial charge is 0.549 e. The molecule has 7 heteroatoms. The summed E-state index contributed by atoms with van der Waals surface area (Å²) in [4.78, 5) is 25.6. The molecule has 102 valence electrons. The van der Waals surface area contributed by atoms with Gasteiger partial charge in [-0.1, -0.05) is 0 Å². The fourth-order valence-corrected chi connectivity index (χ4v) is 2.62. The fraction of sp³-hybridized carbons (Fsp3) is 0.833. The number of rotatable bonds is 2. The van der Waals surface area contributed by atoms with Crippen LogP contribution in [0.25, 0.3) is 0 Å². The number of nitrogens with zero attached hydrogens (tertiary/aromatic N) is 2. The summed E-state index contributed by atoms with van der Waals surface area (Å²) in [6, 6.07) is 0. The van der Waals surface area contributed by atoms with Gasteiger partial charge < -0.3 is 19.5 Å². The summed E-state index contributed by atoms with van der Waals surface area (Å²) >= 11 is 0. The maximum Gasteiger partial charge on any atom is 1.00 e. The number of carbonyl (C=O) groups excluding carboxylic acids is 2. The van der Waals surface area contributed by atoms with Crippen molar-refractivity contribution in [1.29, 1.82) is 0 Å². The zero-order chi connectivity index (χ0) is 13.6. The Morgan fingerprint density at radius 3 is 2.16 bits per heavy atom. The third-order valence-electron chi connectivity index (χ3n) is 3.17. The maximum atomic E-state index is 11.7. The fourth-order valence-electron chi connectivity index (χ4n) is 2.62. The van der Waals surface area contributed by atoms with E-state index in [1.165, 1.54) is 0 Å². The number of aliphatic carboxylic acids is 1. The molecule has 1 spiro atoms. The van der Waals surface area contributed by atoms with E-state index in [0.29, 0.717) is 13.1 Å². The Morgan fingerprint density at radius 1 is 1.21 bits per heavy atom. The molecule has 0 N–H and O–H groups in total. The molecule has 0 aromatic heterocycles. The van der Waals surface area contributed by atoms with Gasteiger partial charge in [0.1, 0.15) is 5.60 Å². The first kappa shape index (κ1) is 16.4. The molecule has 0 aliphatic carbocycles. The topological polar surface area (TPSA) is 72.9 Å². The largest absolute Gasteiger partial charge is 1.00 e. The molecule has 6 nitrogen and oxygen atoms in total. The number of ether oxygens (including phenoxy) is 1. The molecule has 2 fully saturated rings. The Balaban J connectivity index is 0.00000180. The van der Waals surface area contributed by atoms with Gasteiger partial charge in [-0.2, -0.15) is 0 Å². The second-order valence-corrected chi connectivity index (χ2v) is 6.35. The Kier molecular flexibility index (Phi) is 4.61. The standard InChI is InChI=1S/C12H20N2O4.Li/c1-11(2,3)18-10(17)14-7-12(8-14)5-13(6-12)4-9(15)16;/h4-8H2,1-3H3,(H,15,16);/q;+1/p-1. The summed E-state index contributed by atoms with van der Waals surface area (Å²) in [6.45, 7) is 8.26. The van der Waals surface area contributed by atoms with Crippen LogP contribution in [0.1, 0.15) is 20.8 Å². The van der Waals surface area contributed by atoms with Gasteiger partial charge >= 0.3 is 25.0 Å². The van der Waals surface area contributed by atoms with Crippen LogP contribution in [0.5, 0.6) is 0 Å². The first-order valence-electron chi connectivity index (χ1n) is 6.09. The van der Waals surface area contributed by atoms with E-state index in [0.717, 1.165) is 13.1 Å². The van der Waals surface area contributed by atoms with Gasteiger partial charge in [0, 0.05) is 38.1 Å². The summed E-state index contributed by atoms with van der Waals surface area (Å²) in [6.07, 6.45) is -0.286. The van der Waals surface area contributed by atoms with E-state index >= 15 is 0 Å². The third kappa shape index (κ3) is 3.88. The van der Waals surface area contributed by atoms with Crippen molar-refractivity contribution < 1.29 is 38.3 Å². The summed E-state index contributed by atoms with van der Waals surface area (Å²) in [7, 11) is 0. The van der Waals surface area contributed by atoms with Crippen LogP contribution in [0.2, 0.25) is 0 Å². The van der Waals surface area contributed by atoms with E-state index in [4.69, 9.17) is 4.74 Å². The number of carbonyl (C=O) groups is 2. The van der Waals surface area contributed by atoms with Gasteiger partial charge in [0.05, 0.1) is 5.97 Å². The van der Waals surface area contributed by atoms with Crippen LogP contribution in [0.4, 0.5) is 4.79 Å². The molecule has 1 amide bonds. The SMILES string of the molecule is CC(C)(C)OC(=O)N1CC2(CN(CC(=O)[O-])C2)C1.[Li+]. The van der Waals surface area contributed by atoms with Crippen LogP contribution >= 0.6 is 0 Å². The summed E-state index contributed by atoms with van der Waals surface area (Å²) in [5.41, 5.74) is -0.382. The molecule has 2 aliphatic heterocycles. The Morgan fingerprint density at radius 2 is 1.74 bits per heavy atom. The van der Waals surface area contributed by atoms with Gasteiger partial charge in [0.2, 0.25) is 0 Å². The number of likely N-dealkylation sites (tertiary alicyclic amines) is 2. The Labute approximate surface area is 125 Å². The van der Waals surface area contributed by atoms with Crippen molar-refractivity contribution in [1.82, 2.24) is 9.80 Å². The number of carboxylic acids is 1. The van der Waals surface area contributed by atoms with Gasteiger partial charge in [0.25, 0.3) is 0 Å². The molecular weight excluding hydrogens is 243 g/mol. The van der Waals surface area contributed by atoms with E-state index in [1.807, 2.05) is 25.7 Å². The average molecular weight is 262 g/mol. The van der Waals surface area contributed by atoms with Crippen molar-refractivity contribution in [2.75, 3.05) is 32.7 Å². The monoisotopic (exact) mass is 262 g/mol. The van der Waals surface area contributed by atoms with Crippen molar-refractivity contribution in [3.63, 3.8) is 0 Å². The summed E-state index contributed by atoms with van der Waals surface area (Å²) in [5.74, 6) is -1.05. The first-order chi connectivity index (χ1) is 8.19. The molecule has 0 atom stereocenters. The molecule has 0 aromatic carbocycles. The van der Waals surface area contributed by atoms with E-state index in [2.05, 4.69) is 0 Å². The number of carboxylic acid groups (broad SMARTS) is 1. The van der Waals surface area contributed by atoms with Crippen LogP contribution in [-0.4, -0.2) is 60.2 Å². The molecule has 2 rings (SSSR count). The third-order valence-corrected chi connectivity index (χ3v) is 3.17. The van der Waals surface area contributed by atoms with Gasteiger partial charge in [-0.25, -0.2) is 4.79 Å². The maximum absolute atomic E-state index is 11.7. The predicted molar refractivity (Wildman–Crippen MR) is 61.7 cm³/mol. The van der Waals surface area contributed by atoms with Crippen molar-refractivity contribution in [2.24, 2.45) is 5.41 Å². The van der Waals surface area contributed by atoms with Crippen molar-refractivity contribution in [2.45, 2.75) is 26.4 Å². The second kappa shape index (κ2) is 5.35. The molecule has 0 radical (unpaired) electrons. The van der Waals surface area contributed by atoms with Gasteiger partial charge in [-0.3, -0.25) is 4.90 Å². The van der Waals surface area contributed by atoms with Gasteiger partial charge in [-0.05, 0) is 20.8 Å². The molecule has 2 heterocycles. The molecule has 2 aliphatic rings. The van der Waals surface area contributed by atoms with E-state index < -0.39 is 11.6 Å². The first-order valence-corrected chi connectivity index (χ1v) is 6.09. The van der Waals surface area contributed by atoms with Crippen molar-refractivity contribution in [3.05, 3.63) is 0 Å². The second-order valence-electron chi connectivity index (χ2n) is 6.35. The molecule has 0 aromatic rings. The Bertz CT molecular complexity index is 366. The molecule has 0 unspecified atom stereocenters. The van der Waals surface area contributed by atoms with E-state index in [9.17, 15) is 14.7 Å². The minimum atomic E-state index is -1.05. The van der Waals surface area contributed by atoms with Crippen molar-refractivity contribution in [3.8, 4) is 0 Å². The molecule has 2 saturated heterocycles. The quantitative estimate of drug-likeness (QED) is 0.479. The van der Waals surface area contributed by atoms with Crippen LogP contribution < -0.4 is 24.0 Å². The van der Waals surface area contributed by atoms with E-state index in [-0.39, 0.29) is 36.9 Å². The summed E-state index contributed by atoms with van der Waals surface area (Å²) in [5, 5.41) is 10.4.